The van der Waals surface area contributed by atoms with Gasteiger partial charge in [-0.25, -0.2) is 8.42 Å². The fourth-order valence-electron chi connectivity index (χ4n) is 2.77. The minimum Gasteiger partial charge on any atom is -0.324 e. The molecule has 0 aromatic heterocycles. The third-order valence-electron chi connectivity index (χ3n) is 4.14. The van der Waals surface area contributed by atoms with Crippen molar-refractivity contribution in [3.63, 3.8) is 0 Å². The Balaban J connectivity index is 2.14. The number of sulfonamides is 1. The highest BCUT2D eigenvalue weighted by Gasteiger charge is 2.28. The molecular formula is C20H26N2O3S. The molecule has 26 heavy (non-hydrogen) atoms. The lowest BCUT2D eigenvalue weighted by Gasteiger charge is -2.28. The Labute approximate surface area is 156 Å². The van der Waals surface area contributed by atoms with Crippen molar-refractivity contribution in [1.82, 2.24) is 0 Å². The van der Waals surface area contributed by atoms with Gasteiger partial charge in [-0.3, -0.25) is 9.10 Å². The Kier molecular flexibility index (Phi) is 6.80. The van der Waals surface area contributed by atoms with E-state index in [2.05, 4.69) is 12.2 Å². The van der Waals surface area contributed by atoms with Crippen molar-refractivity contribution in [2.45, 2.75) is 39.2 Å². The van der Waals surface area contributed by atoms with Gasteiger partial charge in [-0.05, 0) is 49.6 Å². The number of carbonyl (C=O) groups excluding carboxylic acids is 1. The molecule has 0 fully saturated rings. The molecule has 140 valence electrons. The summed E-state index contributed by atoms with van der Waals surface area (Å²) in [5, 5.41) is 2.80. The average Bonchev–Trinajstić information content (AvgIpc) is 2.61. The normalized spacial score (nSPS) is 12.4. The highest BCUT2D eigenvalue weighted by molar-refractivity contribution is 7.92. The molecule has 0 aliphatic heterocycles. The minimum atomic E-state index is -3.60. The van der Waals surface area contributed by atoms with Crippen LogP contribution >= 0.6 is 0 Å². The van der Waals surface area contributed by atoms with E-state index in [0.717, 1.165) is 29.8 Å². The number of nitrogens with one attached hydrogen (secondary N) is 1. The summed E-state index contributed by atoms with van der Waals surface area (Å²) in [5.74, 6) is -0.374. The first kappa shape index (κ1) is 20.0. The van der Waals surface area contributed by atoms with Gasteiger partial charge in [-0.15, -0.1) is 0 Å². The van der Waals surface area contributed by atoms with Crippen LogP contribution in [0.3, 0.4) is 0 Å². The van der Waals surface area contributed by atoms with Crippen LogP contribution < -0.4 is 9.62 Å². The van der Waals surface area contributed by atoms with E-state index in [9.17, 15) is 13.2 Å². The summed E-state index contributed by atoms with van der Waals surface area (Å²) in [4.78, 5) is 12.6. The predicted molar refractivity (Wildman–Crippen MR) is 107 cm³/mol. The van der Waals surface area contributed by atoms with E-state index in [0.29, 0.717) is 11.4 Å². The van der Waals surface area contributed by atoms with Gasteiger partial charge >= 0.3 is 0 Å². The number of anilines is 2. The molecule has 1 amide bonds. The number of para-hydroxylation sites is 1. The molecule has 0 radical (unpaired) electrons. The number of nitrogens with zero attached hydrogens (tertiary/aromatic N) is 1. The maximum Gasteiger partial charge on any atom is 0.247 e. The highest BCUT2D eigenvalue weighted by atomic mass is 32.2. The Morgan fingerprint density at radius 1 is 1.08 bits per heavy atom. The van der Waals surface area contributed by atoms with E-state index in [4.69, 9.17) is 0 Å². The van der Waals surface area contributed by atoms with Crippen LogP contribution in [0.4, 0.5) is 11.4 Å². The van der Waals surface area contributed by atoms with Crippen LogP contribution in [0.1, 0.15) is 32.3 Å². The second kappa shape index (κ2) is 8.85. The largest absolute Gasteiger partial charge is 0.324 e. The van der Waals surface area contributed by atoms with Gasteiger partial charge < -0.3 is 5.32 Å². The molecule has 2 aromatic carbocycles. The number of unbranched alkanes of at least 4 members (excludes halogenated alkanes) is 1. The predicted octanol–water partition coefficient (Wildman–Crippen LogP) is 3.82. The number of carbonyl (C=O) groups is 1. The van der Waals surface area contributed by atoms with Crippen LogP contribution in [0, 0.1) is 0 Å². The summed E-state index contributed by atoms with van der Waals surface area (Å²) in [6.45, 7) is 3.73. The number of hydrogen-bond acceptors (Lipinski definition) is 3. The molecule has 5 nitrogen and oxygen atoms in total. The van der Waals surface area contributed by atoms with Crippen molar-refractivity contribution in [2.24, 2.45) is 0 Å². The number of hydrogen-bond donors (Lipinski definition) is 1. The van der Waals surface area contributed by atoms with E-state index in [1.807, 2.05) is 24.3 Å². The molecule has 0 aliphatic rings. The number of rotatable bonds is 8. The molecule has 0 spiro atoms. The van der Waals surface area contributed by atoms with Crippen LogP contribution in [0.25, 0.3) is 0 Å². The van der Waals surface area contributed by atoms with Gasteiger partial charge in [0.25, 0.3) is 0 Å². The van der Waals surface area contributed by atoms with Gasteiger partial charge in [0, 0.05) is 5.69 Å². The second-order valence-electron chi connectivity index (χ2n) is 6.36. The van der Waals surface area contributed by atoms with Crippen molar-refractivity contribution < 1.29 is 13.2 Å². The lowest BCUT2D eigenvalue weighted by molar-refractivity contribution is -0.116. The van der Waals surface area contributed by atoms with Crippen LogP contribution in [-0.4, -0.2) is 26.6 Å². The monoisotopic (exact) mass is 374 g/mol. The second-order valence-corrected chi connectivity index (χ2v) is 8.22. The van der Waals surface area contributed by atoms with Crippen molar-refractivity contribution in [3.8, 4) is 0 Å². The zero-order valence-electron chi connectivity index (χ0n) is 15.5. The summed E-state index contributed by atoms with van der Waals surface area (Å²) in [5.41, 5.74) is 2.34. The molecule has 2 rings (SSSR count). The fourth-order valence-corrected chi connectivity index (χ4v) is 3.94. The number of benzene rings is 2. The average molecular weight is 375 g/mol. The van der Waals surface area contributed by atoms with Crippen LogP contribution in [0.2, 0.25) is 0 Å². The Morgan fingerprint density at radius 3 is 2.23 bits per heavy atom. The maximum absolute atomic E-state index is 12.6. The summed E-state index contributed by atoms with van der Waals surface area (Å²) in [7, 11) is -3.60. The molecule has 2 aromatic rings. The molecule has 6 heteroatoms. The lowest BCUT2D eigenvalue weighted by atomic mass is 10.1. The van der Waals surface area contributed by atoms with Gasteiger partial charge in [-0.2, -0.15) is 0 Å². The van der Waals surface area contributed by atoms with Crippen molar-refractivity contribution >= 4 is 27.3 Å². The molecule has 0 saturated heterocycles. The molecule has 0 saturated carbocycles. The third-order valence-corrected chi connectivity index (χ3v) is 5.38. The maximum atomic E-state index is 12.6. The fraction of sp³-hybridized carbons (Fsp3) is 0.350. The van der Waals surface area contributed by atoms with Crippen LogP contribution in [0.15, 0.2) is 54.6 Å². The quantitative estimate of drug-likeness (QED) is 0.764. The van der Waals surface area contributed by atoms with Crippen LogP contribution in [0.5, 0.6) is 0 Å². The Hall–Kier alpha value is -2.34. The number of aryl methyl sites for hydroxylation is 1. The summed E-state index contributed by atoms with van der Waals surface area (Å²) < 4.78 is 25.6. The smallest absolute Gasteiger partial charge is 0.247 e. The molecule has 0 aliphatic carbocycles. The molecule has 0 unspecified atom stereocenters. The van der Waals surface area contributed by atoms with E-state index in [1.54, 1.807) is 37.3 Å². The minimum absolute atomic E-state index is 0.374. The SMILES string of the molecule is CCCCc1ccc(NC(=O)[C@H](C)N(c2ccccc2)S(C)(=O)=O)cc1. The van der Waals surface area contributed by atoms with E-state index < -0.39 is 16.1 Å². The third kappa shape index (κ3) is 5.33. The highest BCUT2D eigenvalue weighted by Crippen LogP contribution is 2.21. The van der Waals surface area contributed by atoms with Gasteiger partial charge in [0.15, 0.2) is 0 Å². The standard InChI is InChI=1S/C20H26N2O3S/c1-4-5-9-17-12-14-18(15-13-17)21-20(23)16(2)22(26(3,24)25)19-10-7-6-8-11-19/h6-8,10-16H,4-5,9H2,1-3H3,(H,21,23)/t16-/m0/s1. The molecule has 1 N–H and O–H groups in total. The van der Waals surface area contributed by atoms with E-state index in [-0.39, 0.29) is 5.91 Å². The Morgan fingerprint density at radius 2 is 1.69 bits per heavy atom. The van der Waals surface area contributed by atoms with Crippen molar-refractivity contribution in [3.05, 3.63) is 60.2 Å². The first-order valence-corrected chi connectivity index (χ1v) is 10.6. The molecule has 0 bridgehead atoms. The number of amides is 1. The van der Waals surface area contributed by atoms with Gasteiger partial charge in [0.05, 0.1) is 11.9 Å². The van der Waals surface area contributed by atoms with Crippen molar-refractivity contribution in [2.75, 3.05) is 15.9 Å². The van der Waals surface area contributed by atoms with Gasteiger partial charge in [0.1, 0.15) is 6.04 Å². The van der Waals surface area contributed by atoms with E-state index >= 15 is 0 Å². The van der Waals surface area contributed by atoms with E-state index in [1.165, 1.54) is 5.56 Å². The van der Waals surface area contributed by atoms with Crippen LogP contribution in [-0.2, 0) is 21.2 Å². The first-order valence-electron chi connectivity index (χ1n) is 8.77. The molecular weight excluding hydrogens is 348 g/mol. The first-order chi connectivity index (χ1) is 12.3. The van der Waals surface area contributed by atoms with Gasteiger partial charge in [0.2, 0.25) is 15.9 Å². The molecule has 0 heterocycles. The zero-order valence-corrected chi connectivity index (χ0v) is 16.3. The van der Waals surface area contributed by atoms with Gasteiger partial charge in [-0.1, -0.05) is 43.7 Å². The molecule has 1 atom stereocenters. The Bertz CT molecular complexity index is 818. The van der Waals surface area contributed by atoms with Crippen molar-refractivity contribution in [1.29, 1.82) is 0 Å². The topological polar surface area (TPSA) is 66.5 Å². The summed E-state index contributed by atoms with van der Waals surface area (Å²) >= 11 is 0. The zero-order chi connectivity index (χ0) is 19.2. The summed E-state index contributed by atoms with van der Waals surface area (Å²) in [6, 6.07) is 15.4. The lowest BCUT2D eigenvalue weighted by Crippen LogP contribution is -2.45. The summed E-state index contributed by atoms with van der Waals surface area (Å²) in [6.07, 6.45) is 4.38.